The maximum atomic E-state index is 5.79. The molecule has 0 amide bonds. The first-order valence-corrected chi connectivity index (χ1v) is 7.45. The highest BCUT2D eigenvalue weighted by Crippen LogP contribution is 2.36. The molecule has 3 heteroatoms. The molecule has 0 saturated carbocycles. The van der Waals surface area contributed by atoms with Crippen LogP contribution in [0.2, 0.25) is 0 Å². The first kappa shape index (κ1) is 12.8. The molecule has 0 aromatic heterocycles. The second-order valence-electron chi connectivity index (χ2n) is 5.63. The van der Waals surface area contributed by atoms with Crippen LogP contribution >= 0.6 is 0 Å². The molecule has 2 aliphatic heterocycles. The van der Waals surface area contributed by atoms with Gasteiger partial charge in [-0.05, 0) is 55.5 Å². The van der Waals surface area contributed by atoms with Gasteiger partial charge in [-0.3, -0.25) is 0 Å². The fourth-order valence-corrected chi connectivity index (χ4v) is 3.08. The number of nitrogens with one attached hydrogen (secondary N) is 1. The van der Waals surface area contributed by atoms with Crippen LogP contribution in [0, 0.1) is 5.92 Å². The minimum absolute atomic E-state index is 0.597. The third-order valence-electron chi connectivity index (χ3n) is 4.39. The van der Waals surface area contributed by atoms with Gasteiger partial charge in [-0.15, -0.1) is 0 Å². The van der Waals surface area contributed by atoms with Gasteiger partial charge in [0.15, 0.2) is 11.5 Å². The number of benzene rings is 1. The zero-order chi connectivity index (χ0) is 13.1. The van der Waals surface area contributed by atoms with Crippen molar-refractivity contribution in [2.24, 2.45) is 5.92 Å². The van der Waals surface area contributed by atoms with E-state index in [1.807, 2.05) is 0 Å². The molecule has 1 saturated heterocycles. The number of rotatable bonds is 2. The molecular weight excluding hydrogens is 238 g/mol. The predicted octanol–water partition coefficient (Wildman–Crippen LogP) is 2.95. The van der Waals surface area contributed by atoms with Crippen molar-refractivity contribution in [3.63, 3.8) is 0 Å². The van der Waals surface area contributed by atoms with E-state index in [1.165, 1.54) is 18.4 Å². The number of ether oxygens (including phenoxy) is 2. The maximum absolute atomic E-state index is 5.79. The van der Waals surface area contributed by atoms with Gasteiger partial charge >= 0.3 is 0 Å². The maximum Gasteiger partial charge on any atom is 0.161 e. The molecular formula is C16H23NO2. The van der Waals surface area contributed by atoms with E-state index in [9.17, 15) is 0 Å². The molecule has 1 aromatic rings. The standard InChI is InChI=1S/C16H23NO2/c1-12(13-5-7-17-8-6-13)14-3-4-15-16(11-14)19-10-2-9-18-15/h3-4,11-13,17H,2,5-10H2,1H3. The summed E-state index contributed by atoms with van der Waals surface area (Å²) in [5.74, 6) is 3.21. The minimum atomic E-state index is 0.597. The van der Waals surface area contributed by atoms with Crippen LogP contribution < -0.4 is 14.8 Å². The highest BCUT2D eigenvalue weighted by molar-refractivity contribution is 5.44. The summed E-state index contributed by atoms with van der Waals surface area (Å²) < 4.78 is 11.5. The van der Waals surface area contributed by atoms with Gasteiger partial charge in [0.2, 0.25) is 0 Å². The fourth-order valence-electron chi connectivity index (χ4n) is 3.08. The van der Waals surface area contributed by atoms with Gasteiger partial charge in [0, 0.05) is 6.42 Å². The molecule has 1 fully saturated rings. The Labute approximate surface area is 115 Å². The summed E-state index contributed by atoms with van der Waals surface area (Å²) in [5, 5.41) is 3.43. The van der Waals surface area contributed by atoms with Crippen LogP contribution in [0.4, 0.5) is 0 Å². The molecule has 0 radical (unpaired) electrons. The summed E-state index contributed by atoms with van der Waals surface area (Å²) in [7, 11) is 0. The van der Waals surface area contributed by atoms with Crippen molar-refractivity contribution in [1.29, 1.82) is 0 Å². The van der Waals surface area contributed by atoms with Crippen LogP contribution in [0.15, 0.2) is 18.2 Å². The van der Waals surface area contributed by atoms with Crippen LogP contribution in [-0.2, 0) is 0 Å². The van der Waals surface area contributed by atoms with Gasteiger partial charge in [0.25, 0.3) is 0 Å². The van der Waals surface area contributed by atoms with Crippen molar-refractivity contribution < 1.29 is 9.47 Å². The van der Waals surface area contributed by atoms with E-state index < -0.39 is 0 Å². The molecule has 0 aliphatic carbocycles. The lowest BCUT2D eigenvalue weighted by atomic mass is 9.82. The quantitative estimate of drug-likeness (QED) is 0.888. The van der Waals surface area contributed by atoms with Gasteiger partial charge in [0.1, 0.15) is 0 Å². The van der Waals surface area contributed by atoms with E-state index >= 15 is 0 Å². The van der Waals surface area contributed by atoms with Crippen molar-refractivity contribution in [2.75, 3.05) is 26.3 Å². The first-order chi connectivity index (χ1) is 9.34. The lowest BCUT2D eigenvalue weighted by Crippen LogP contribution is -2.30. The van der Waals surface area contributed by atoms with Crippen molar-refractivity contribution >= 4 is 0 Å². The molecule has 2 aliphatic rings. The lowest BCUT2D eigenvalue weighted by Gasteiger charge is -2.28. The monoisotopic (exact) mass is 261 g/mol. The second-order valence-corrected chi connectivity index (χ2v) is 5.63. The Bertz CT molecular complexity index is 427. The molecule has 3 rings (SSSR count). The van der Waals surface area contributed by atoms with Crippen LogP contribution in [-0.4, -0.2) is 26.3 Å². The Morgan fingerprint density at radius 3 is 2.63 bits per heavy atom. The predicted molar refractivity (Wildman–Crippen MR) is 76.1 cm³/mol. The molecule has 1 aromatic carbocycles. The summed E-state index contributed by atoms with van der Waals surface area (Å²) in [4.78, 5) is 0. The van der Waals surface area contributed by atoms with Crippen LogP contribution in [0.25, 0.3) is 0 Å². The van der Waals surface area contributed by atoms with Gasteiger partial charge in [-0.25, -0.2) is 0 Å². The van der Waals surface area contributed by atoms with Crippen LogP contribution in [0.1, 0.15) is 37.7 Å². The molecule has 19 heavy (non-hydrogen) atoms. The molecule has 0 spiro atoms. The molecule has 104 valence electrons. The van der Waals surface area contributed by atoms with E-state index in [0.29, 0.717) is 5.92 Å². The summed E-state index contributed by atoms with van der Waals surface area (Å²) in [5.41, 5.74) is 1.39. The number of piperidine rings is 1. The Morgan fingerprint density at radius 2 is 1.84 bits per heavy atom. The summed E-state index contributed by atoms with van der Waals surface area (Å²) in [6.07, 6.45) is 3.51. The van der Waals surface area contributed by atoms with Crippen molar-refractivity contribution in [3.05, 3.63) is 23.8 Å². The van der Waals surface area contributed by atoms with Crippen molar-refractivity contribution in [1.82, 2.24) is 5.32 Å². The van der Waals surface area contributed by atoms with Crippen molar-refractivity contribution in [2.45, 2.75) is 32.1 Å². The SMILES string of the molecule is CC(c1ccc2c(c1)OCCCO2)C1CCNCC1. The lowest BCUT2D eigenvalue weighted by molar-refractivity contribution is 0.296. The fraction of sp³-hybridized carbons (Fsp3) is 0.625. The Hall–Kier alpha value is -1.22. The molecule has 1 unspecified atom stereocenters. The number of fused-ring (bicyclic) bond motifs is 1. The molecule has 0 bridgehead atoms. The molecule has 2 heterocycles. The molecule has 3 nitrogen and oxygen atoms in total. The number of hydrogen-bond acceptors (Lipinski definition) is 3. The third kappa shape index (κ3) is 2.86. The first-order valence-electron chi connectivity index (χ1n) is 7.45. The number of hydrogen-bond donors (Lipinski definition) is 1. The highest BCUT2D eigenvalue weighted by atomic mass is 16.5. The van der Waals surface area contributed by atoms with E-state index in [2.05, 4.69) is 30.4 Å². The van der Waals surface area contributed by atoms with E-state index in [4.69, 9.17) is 9.47 Å². The average molecular weight is 261 g/mol. The molecule has 1 N–H and O–H groups in total. The summed E-state index contributed by atoms with van der Waals surface area (Å²) in [6, 6.07) is 6.47. The topological polar surface area (TPSA) is 30.5 Å². The smallest absolute Gasteiger partial charge is 0.161 e. The van der Waals surface area contributed by atoms with E-state index in [-0.39, 0.29) is 0 Å². The van der Waals surface area contributed by atoms with Gasteiger partial charge in [-0.1, -0.05) is 13.0 Å². The van der Waals surface area contributed by atoms with E-state index in [1.54, 1.807) is 0 Å². The summed E-state index contributed by atoms with van der Waals surface area (Å²) >= 11 is 0. The Kier molecular flexibility index (Phi) is 3.92. The van der Waals surface area contributed by atoms with Crippen LogP contribution in [0.3, 0.4) is 0 Å². The van der Waals surface area contributed by atoms with Gasteiger partial charge in [0.05, 0.1) is 13.2 Å². The van der Waals surface area contributed by atoms with Gasteiger partial charge < -0.3 is 14.8 Å². The van der Waals surface area contributed by atoms with Crippen LogP contribution in [0.5, 0.6) is 11.5 Å². The largest absolute Gasteiger partial charge is 0.490 e. The normalized spacial score (nSPS) is 21.7. The van der Waals surface area contributed by atoms with Gasteiger partial charge in [-0.2, -0.15) is 0 Å². The zero-order valence-electron chi connectivity index (χ0n) is 11.7. The molecule has 1 atom stereocenters. The minimum Gasteiger partial charge on any atom is -0.490 e. The highest BCUT2D eigenvalue weighted by Gasteiger charge is 2.22. The van der Waals surface area contributed by atoms with Crippen molar-refractivity contribution in [3.8, 4) is 11.5 Å². The Balaban J connectivity index is 1.78. The average Bonchev–Trinajstić information content (AvgIpc) is 2.72. The second kappa shape index (κ2) is 5.83. The third-order valence-corrected chi connectivity index (χ3v) is 4.39. The summed E-state index contributed by atoms with van der Waals surface area (Å²) in [6.45, 7) is 6.17. The zero-order valence-corrected chi connectivity index (χ0v) is 11.7. The van der Waals surface area contributed by atoms with E-state index in [0.717, 1.165) is 50.1 Å². The Morgan fingerprint density at radius 1 is 1.11 bits per heavy atom.